The minimum absolute atomic E-state index is 0.0846. The Morgan fingerprint density at radius 3 is 1.50 bits per heavy atom. The first kappa shape index (κ1) is 31.7. The number of carboxylic acid groups (broad SMARTS) is 1. The maximum absolute atomic E-state index is 11.3. The summed E-state index contributed by atoms with van der Waals surface area (Å²) >= 11 is 0. The number of aliphatic hydroxyl groups is 1. The predicted molar refractivity (Wildman–Crippen MR) is 170 cm³/mol. The van der Waals surface area contributed by atoms with Gasteiger partial charge in [0, 0.05) is 10.8 Å². The quantitative estimate of drug-likeness (QED) is 0.281. The maximum Gasteiger partial charge on any atom is 0.307 e. The van der Waals surface area contributed by atoms with Crippen molar-refractivity contribution in [1.29, 1.82) is 0 Å². The molecule has 3 aliphatic carbocycles. The highest BCUT2D eigenvalue weighted by Crippen LogP contribution is 2.47. The van der Waals surface area contributed by atoms with Crippen LogP contribution in [-0.4, -0.2) is 29.1 Å². The molecule has 1 atom stereocenters. The third kappa shape index (κ3) is 7.03. The van der Waals surface area contributed by atoms with Crippen molar-refractivity contribution in [2.24, 2.45) is 5.92 Å². The molecule has 6 rings (SSSR count). The third-order valence-electron chi connectivity index (χ3n) is 10.4. The van der Waals surface area contributed by atoms with E-state index in [1.807, 2.05) is 49.4 Å². The molecule has 0 bridgehead atoms. The van der Waals surface area contributed by atoms with Crippen LogP contribution in [0.1, 0.15) is 101 Å². The molecule has 0 heterocycles. The Morgan fingerprint density at radius 1 is 0.667 bits per heavy atom. The van der Waals surface area contributed by atoms with Crippen LogP contribution in [0.3, 0.4) is 0 Å². The van der Waals surface area contributed by atoms with E-state index in [4.69, 9.17) is 0 Å². The van der Waals surface area contributed by atoms with Gasteiger partial charge in [-0.15, -0.1) is 0 Å². The SMILES string of the molecule is CC(C(=O)O)C1(c2ccccc2)CCCC1.O=CC1(c2ccccc2)CCCC1.OCC1(c2ccccc2)CCCC1. The molecule has 4 heteroatoms. The second-order valence-corrected chi connectivity index (χ2v) is 12.6. The fraction of sp³-hybridized carbons (Fsp3) is 0.474. The second-order valence-electron chi connectivity index (χ2n) is 12.6. The number of aliphatic carboxylic acids is 1. The topological polar surface area (TPSA) is 74.6 Å². The summed E-state index contributed by atoms with van der Waals surface area (Å²) < 4.78 is 0. The highest BCUT2D eigenvalue weighted by Gasteiger charge is 2.43. The number of carboxylic acids is 1. The first-order valence-corrected chi connectivity index (χ1v) is 15.9. The van der Waals surface area contributed by atoms with Crippen LogP contribution in [0.25, 0.3) is 0 Å². The lowest BCUT2D eigenvalue weighted by atomic mass is 9.69. The number of rotatable bonds is 7. The Hall–Kier alpha value is -3.24. The molecule has 0 aromatic heterocycles. The van der Waals surface area contributed by atoms with Crippen molar-refractivity contribution in [1.82, 2.24) is 0 Å². The van der Waals surface area contributed by atoms with Gasteiger partial charge in [-0.2, -0.15) is 0 Å². The Kier molecular flexibility index (Phi) is 11.2. The summed E-state index contributed by atoms with van der Waals surface area (Å²) in [5.41, 5.74) is 3.51. The smallest absolute Gasteiger partial charge is 0.307 e. The molecule has 0 spiro atoms. The van der Waals surface area contributed by atoms with E-state index in [1.54, 1.807) is 0 Å². The van der Waals surface area contributed by atoms with Gasteiger partial charge in [0.1, 0.15) is 6.29 Å². The Labute approximate surface area is 252 Å². The lowest BCUT2D eigenvalue weighted by Gasteiger charge is -2.33. The van der Waals surface area contributed by atoms with Crippen LogP contribution in [0.15, 0.2) is 91.0 Å². The zero-order valence-electron chi connectivity index (χ0n) is 25.2. The van der Waals surface area contributed by atoms with Crippen LogP contribution in [0.4, 0.5) is 0 Å². The lowest BCUT2D eigenvalue weighted by Crippen LogP contribution is -2.35. The zero-order chi connectivity index (χ0) is 29.9. The molecule has 3 aliphatic rings. The molecule has 224 valence electrons. The summed E-state index contributed by atoms with van der Waals surface area (Å²) in [4.78, 5) is 22.4. The first-order valence-electron chi connectivity index (χ1n) is 15.9. The molecule has 1 unspecified atom stereocenters. The minimum Gasteiger partial charge on any atom is -0.481 e. The number of carbonyl (C=O) groups is 2. The molecule has 0 radical (unpaired) electrons. The van der Waals surface area contributed by atoms with Crippen LogP contribution in [0, 0.1) is 5.92 Å². The van der Waals surface area contributed by atoms with Crippen molar-refractivity contribution in [3.05, 3.63) is 108 Å². The minimum atomic E-state index is -0.675. The molecule has 0 amide bonds. The number of hydrogen-bond acceptors (Lipinski definition) is 3. The molecule has 4 nitrogen and oxygen atoms in total. The second kappa shape index (κ2) is 14.8. The molecular weight excluding hydrogens is 520 g/mol. The van der Waals surface area contributed by atoms with Crippen LogP contribution in [0.5, 0.6) is 0 Å². The van der Waals surface area contributed by atoms with Crippen molar-refractivity contribution < 1.29 is 19.8 Å². The number of aliphatic hydroxyl groups excluding tert-OH is 1. The highest BCUT2D eigenvalue weighted by molar-refractivity contribution is 5.72. The normalized spacial score (nSPS) is 20.3. The molecule has 3 fully saturated rings. The Bertz CT molecular complexity index is 1220. The average molecular weight is 569 g/mol. The van der Waals surface area contributed by atoms with E-state index in [-0.39, 0.29) is 22.2 Å². The van der Waals surface area contributed by atoms with E-state index in [9.17, 15) is 19.8 Å². The Balaban J connectivity index is 0.000000146. The van der Waals surface area contributed by atoms with Gasteiger partial charge >= 0.3 is 5.97 Å². The summed E-state index contributed by atoms with van der Waals surface area (Å²) in [7, 11) is 0. The summed E-state index contributed by atoms with van der Waals surface area (Å²) in [6, 6.07) is 30.7. The van der Waals surface area contributed by atoms with Gasteiger partial charge in [0.25, 0.3) is 0 Å². The monoisotopic (exact) mass is 568 g/mol. The Morgan fingerprint density at radius 2 is 1.07 bits per heavy atom. The van der Waals surface area contributed by atoms with Crippen LogP contribution in [-0.2, 0) is 25.8 Å². The molecule has 0 aliphatic heterocycles. The maximum atomic E-state index is 11.3. The van der Waals surface area contributed by atoms with E-state index in [1.165, 1.54) is 42.4 Å². The van der Waals surface area contributed by atoms with Crippen molar-refractivity contribution in [3.8, 4) is 0 Å². The van der Waals surface area contributed by atoms with E-state index in [2.05, 4.69) is 48.5 Å². The van der Waals surface area contributed by atoms with Gasteiger partial charge in [0.2, 0.25) is 0 Å². The largest absolute Gasteiger partial charge is 0.481 e. The summed E-state index contributed by atoms with van der Waals surface area (Å²) in [5, 5.41) is 18.7. The van der Waals surface area contributed by atoms with Crippen molar-refractivity contribution in [2.75, 3.05) is 6.61 Å². The molecule has 42 heavy (non-hydrogen) atoms. The number of benzene rings is 3. The number of hydrogen-bond donors (Lipinski definition) is 2. The molecule has 3 aromatic rings. The average Bonchev–Trinajstić information content (AvgIpc) is 3.85. The van der Waals surface area contributed by atoms with Gasteiger partial charge in [-0.05, 0) is 55.2 Å². The molecule has 2 N–H and O–H groups in total. The molecule has 3 aromatic carbocycles. The van der Waals surface area contributed by atoms with Crippen molar-refractivity contribution >= 4 is 12.3 Å². The van der Waals surface area contributed by atoms with E-state index in [0.29, 0.717) is 6.61 Å². The van der Waals surface area contributed by atoms with Crippen molar-refractivity contribution in [3.63, 3.8) is 0 Å². The highest BCUT2D eigenvalue weighted by atomic mass is 16.4. The van der Waals surface area contributed by atoms with Gasteiger partial charge < -0.3 is 15.0 Å². The summed E-state index contributed by atoms with van der Waals surface area (Å²) in [6.45, 7) is 2.15. The first-order chi connectivity index (χ1) is 20.4. The number of aldehydes is 1. The van der Waals surface area contributed by atoms with Crippen molar-refractivity contribution in [2.45, 2.75) is 100 Å². The fourth-order valence-corrected chi connectivity index (χ4v) is 7.62. The number of carbonyl (C=O) groups excluding carboxylic acids is 1. The molecule has 0 saturated heterocycles. The molecular formula is C38H48O4. The van der Waals surface area contributed by atoms with Crippen LogP contribution >= 0.6 is 0 Å². The fourth-order valence-electron chi connectivity index (χ4n) is 7.62. The van der Waals surface area contributed by atoms with Gasteiger partial charge in [0.05, 0.1) is 17.9 Å². The van der Waals surface area contributed by atoms with Gasteiger partial charge in [-0.3, -0.25) is 4.79 Å². The standard InChI is InChI=1S/C14H18O2.C12H16O.C12H14O/c1-11(13(15)16)14(9-5-6-10-14)12-7-3-2-4-8-12;2*13-10-12(8-4-5-9-12)11-6-2-1-3-7-11/h2-4,7-8,11H,5-6,9-10H2,1H3,(H,15,16);1-3,6-7,13H,4-5,8-10H2;1-3,6-7,10H,4-5,8-9H2. The van der Waals surface area contributed by atoms with Crippen LogP contribution in [0.2, 0.25) is 0 Å². The van der Waals surface area contributed by atoms with Gasteiger partial charge in [-0.1, -0.05) is 136 Å². The third-order valence-corrected chi connectivity index (χ3v) is 10.4. The summed E-state index contributed by atoms with van der Waals surface area (Å²) in [6.07, 6.45) is 14.7. The zero-order valence-corrected chi connectivity index (χ0v) is 25.2. The van der Waals surface area contributed by atoms with E-state index < -0.39 is 5.97 Å². The lowest BCUT2D eigenvalue weighted by molar-refractivity contribution is -0.143. The summed E-state index contributed by atoms with van der Waals surface area (Å²) in [5.74, 6) is -0.969. The van der Waals surface area contributed by atoms with Gasteiger partial charge in [0.15, 0.2) is 0 Å². The van der Waals surface area contributed by atoms with E-state index in [0.717, 1.165) is 57.7 Å². The van der Waals surface area contributed by atoms with E-state index >= 15 is 0 Å². The molecule has 3 saturated carbocycles. The predicted octanol–water partition coefficient (Wildman–Crippen LogP) is 8.41. The van der Waals surface area contributed by atoms with Gasteiger partial charge in [-0.25, -0.2) is 0 Å². The van der Waals surface area contributed by atoms with Crippen LogP contribution < -0.4 is 0 Å².